The summed E-state index contributed by atoms with van der Waals surface area (Å²) in [6, 6.07) is 37.4. The van der Waals surface area contributed by atoms with Gasteiger partial charge in [0, 0.05) is 11.8 Å². The topological polar surface area (TPSA) is 208 Å². The minimum atomic E-state index is -1.39. The molecule has 17 heteroatoms. The maximum Gasteiger partial charge on any atom is 0.407 e. The molecule has 0 bridgehead atoms. The van der Waals surface area contributed by atoms with Crippen LogP contribution in [0.15, 0.2) is 127 Å². The Morgan fingerprint density at radius 2 is 1.32 bits per heavy atom. The molecular formula is C49H56N6O10S. The number of hydrogen-bond acceptors (Lipinski definition) is 12. The minimum Gasteiger partial charge on any atom is -0.465 e. The minimum absolute atomic E-state index is 0.0249. The van der Waals surface area contributed by atoms with E-state index in [2.05, 4.69) is 10.3 Å². The van der Waals surface area contributed by atoms with Crippen LogP contribution in [0, 0.1) is 5.41 Å². The van der Waals surface area contributed by atoms with Crippen molar-refractivity contribution in [3.63, 3.8) is 0 Å². The first-order valence-corrected chi connectivity index (χ1v) is 22.7. The fraction of sp³-hybridized carbons (Fsp3) is 0.367. The number of amides is 3. The lowest BCUT2D eigenvalue weighted by Crippen LogP contribution is -2.55. The molecule has 2 saturated heterocycles. The highest BCUT2D eigenvalue weighted by molar-refractivity contribution is 7.09. The lowest BCUT2D eigenvalue weighted by atomic mass is 10.0. The zero-order valence-electron chi connectivity index (χ0n) is 36.7. The van der Waals surface area contributed by atoms with Crippen LogP contribution in [0.1, 0.15) is 46.3 Å². The van der Waals surface area contributed by atoms with Gasteiger partial charge in [-0.3, -0.25) is 19.9 Å². The fourth-order valence-corrected chi connectivity index (χ4v) is 8.62. The lowest BCUT2D eigenvalue weighted by molar-refractivity contribution is -0.189. The summed E-state index contributed by atoms with van der Waals surface area (Å²) in [7, 11) is 0. The summed E-state index contributed by atoms with van der Waals surface area (Å²) in [6.07, 6.45) is -4.76. The van der Waals surface area contributed by atoms with Gasteiger partial charge in [-0.1, -0.05) is 121 Å². The van der Waals surface area contributed by atoms with E-state index in [1.807, 2.05) is 128 Å². The molecule has 0 saturated carbocycles. The monoisotopic (exact) mass is 920 g/mol. The third-order valence-electron chi connectivity index (χ3n) is 11.4. The van der Waals surface area contributed by atoms with Crippen molar-refractivity contribution in [1.29, 1.82) is 5.41 Å². The molecule has 16 nitrogen and oxygen atoms in total. The molecule has 0 radical (unpaired) electrons. The molecule has 5 aromatic rings. The van der Waals surface area contributed by atoms with E-state index in [1.165, 1.54) is 16.2 Å². The number of thiazole rings is 1. The highest BCUT2D eigenvalue weighted by Gasteiger charge is 2.53. The molecule has 1 spiro atoms. The van der Waals surface area contributed by atoms with Crippen molar-refractivity contribution < 1.29 is 47.9 Å². The molecule has 4 aromatic carbocycles. The third-order valence-corrected chi connectivity index (χ3v) is 12.2. The van der Waals surface area contributed by atoms with Crippen LogP contribution in [0.5, 0.6) is 0 Å². The quantitative estimate of drug-likeness (QED) is 0.0458. The molecule has 5 atom stereocenters. The van der Waals surface area contributed by atoms with Gasteiger partial charge in [-0.2, -0.15) is 0 Å². The maximum absolute atomic E-state index is 14.5. The van der Waals surface area contributed by atoms with Crippen LogP contribution in [0.2, 0.25) is 0 Å². The zero-order chi connectivity index (χ0) is 46.3. The number of nitrogens with zero attached hydrogens (tertiary/aromatic N) is 3. The van der Waals surface area contributed by atoms with Gasteiger partial charge in [-0.05, 0) is 29.2 Å². The van der Waals surface area contributed by atoms with Gasteiger partial charge < -0.3 is 49.5 Å². The van der Waals surface area contributed by atoms with Crippen LogP contribution in [-0.4, -0.2) is 113 Å². The van der Waals surface area contributed by atoms with E-state index in [9.17, 15) is 19.5 Å². The molecule has 2 aliphatic rings. The van der Waals surface area contributed by atoms with Gasteiger partial charge in [0.2, 0.25) is 11.8 Å². The van der Waals surface area contributed by atoms with E-state index < -0.39 is 60.7 Å². The molecule has 0 aliphatic carbocycles. The Hall–Kier alpha value is -6.05. The molecule has 1 aromatic heterocycles. The summed E-state index contributed by atoms with van der Waals surface area (Å²) in [5.41, 5.74) is 9.44. The number of carbonyl (C=O) groups excluding carboxylic acids is 2. The number of hydrogen-bond donors (Lipinski definition) is 4. The maximum atomic E-state index is 14.5. The molecule has 5 N–H and O–H groups in total. The molecule has 2 fully saturated rings. The van der Waals surface area contributed by atoms with Gasteiger partial charge in [0.05, 0.1) is 65.4 Å². The number of ether oxygens (including phenoxy) is 6. The van der Waals surface area contributed by atoms with E-state index >= 15 is 0 Å². The first-order valence-electron chi connectivity index (χ1n) is 21.8. The van der Waals surface area contributed by atoms with E-state index in [0.29, 0.717) is 10.7 Å². The molecule has 2 aliphatic heterocycles. The first-order chi connectivity index (χ1) is 32.1. The highest BCUT2D eigenvalue weighted by atomic mass is 32.1. The van der Waals surface area contributed by atoms with Gasteiger partial charge >= 0.3 is 6.09 Å². The Kier molecular flexibility index (Phi) is 17.0. The van der Waals surface area contributed by atoms with E-state index in [4.69, 9.17) is 39.6 Å². The summed E-state index contributed by atoms with van der Waals surface area (Å²) in [4.78, 5) is 48.3. The van der Waals surface area contributed by atoms with Gasteiger partial charge in [0.15, 0.2) is 5.79 Å². The van der Waals surface area contributed by atoms with Crippen LogP contribution in [-0.2, 0) is 71.0 Å². The predicted octanol–water partition coefficient (Wildman–Crippen LogP) is 5.73. The summed E-state index contributed by atoms with van der Waals surface area (Å²) < 4.78 is 38.7. The van der Waals surface area contributed by atoms with Gasteiger partial charge in [0.1, 0.15) is 47.4 Å². The lowest BCUT2D eigenvalue weighted by Gasteiger charge is -2.38. The van der Waals surface area contributed by atoms with E-state index in [-0.39, 0.29) is 71.5 Å². The van der Waals surface area contributed by atoms with Gasteiger partial charge in [-0.25, -0.2) is 9.78 Å². The number of likely N-dealkylation sites (tertiary alicyclic amines) is 1. The molecule has 1 unspecified atom stereocenters. The summed E-state index contributed by atoms with van der Waals surface area (Å²) >= 11 is 1.23. The van der Waals surface area contributed by atoms with Gasteiger partial charge in [-0.15, -0.1) is 11.3 Å². The Labute approximate surface area is 388 Å². The number of nitrogens with two attached hydrogens (primary N) is 1. The second-order valence-electron chi connectivity index (χ2n) is 16.1. The van der Waals surface area contributed by atoms with Crippen LogP contribution < -0.4 is 11.1 Å². The standard InChI is InChI=1S/C49H56N6O10S/c1-34(60-28-35-14-6-2-7-15-35)44(62-30-37-18-10-4-11-19-37)45(63-31-38-20-12-5-13-21-38)41(61-29-36-16-8-3-9-17-36)26-54(48(58)59)27-43(56)55-33-49(64-22-23-65-49)24-40(55)47(57)52-25-42-53-39(32-66-42)46(50)51/h2-21,32,34,40-41,44-45H,22-31,33H2,1H3,(H3,50,51)(H,52,57)(H,58,59)/t34-,40?,41-,44-,45-/m0/s1. The molecular weight excluding hydrogens is 865 g/mol. The number of carboxylic acid groups (broad SMARTS) is 1. The molecule has 3 heterocycles. The number of nitrogen functional groups attached to an aromatic ring is 1. The molecule has 7 rings (SSSR count). The van der Waals surface area contributed by atoms with Crippen LogP contribution in [0.25, 0.3) is 0 Å². The van der Waals surface area contributed by atoms with Crippen LogP contribution >= 0.6 is 11.3 Å². The third kappa shape index (κ3) is 13.3. The van der Waals surface area contributed by atoms with E-state index in [1.54, 1.807) is 5.38 Å². The second kappa shape index (κ2) is 23.4. The van der Waals surface area contributed by atoms with Crippen molar-refractivity contribution in [2.75, 3.05) is 32.8 Å². The predicted molar refractivity (Wildman–Crippen MR) is 245 cm³/mol. The van der Waals surface area contributed by atoms with Crippen molar-refractivity contribution >= 4 is 35.1 Å². The molecule has 348 valence electrons. The van der Waals surface area contributed by atoms with Crippen molar-refractivity contribution in [2.24, 2.45) is 5.73 Å². The van der Waals surface area contributed by atoms with Gasteiger partial charge in [0.25, 0.3) is 0 Å². The number of aromatic nitrogens is 1. The number of benzene rings is 4. The average Bonchev–Trinajstić information content (AvgIpc) is 4.12. The summed E-state index contributed by atoms with van der Waals surface area (Å²) in [5.74, 6) is -2.56. The van der Waals surface area contributed by atoms with Crippen molar-refractivity contribution in [3.8, 4) is 0 Å². The summed E-state index contributed by atoms with van der Waals surface area (Å²) in [6.45, 7) is 2.09. The molecule has 3 amide bonds. The summed E-state index contributed by atoms with van der Waals surface area (Å²) in [5, 5.41) is 23.5. The Morgan fingerprint density at radius 3 is 1.82 bits per heavy atom. The van der Waals surface area contributed by atoms with Crippen LogP contribution in [0.4, 0.5) is 4.79 Å². The van der Waals surface area contributed by atoms with E-state index in [0.717, 1.165) is 27.2 Å². The Bertz CT molecular complexity index is 2320. The van der Waals surface area contributed by atoms with Crippen molar-refractivity contribution in [1.82, 2.24) is 20.1 Å². The fourth-order valence-electron chi connectivity index (χ4n) is 7.89. The highest BCUT2D eigenvalue weighted by Crippen LogP contribution is 2.35. The van der Waals surface area contributed by atoms with Crippen molar-refractivity contribution in [2.45, 2.75) is 82.6 Å². The Morgan fingerprint density at radius 1 is 0.818 bits per heavy atom. The zero-order valence-corrected chi connectivity index (χ0v) is 37.6. The number of carbonyl (C=O) groups is 3. The Balaban J connectivity index is 1.18. The number of nitrogens with one attached hydrogen (secondary N) is 2. The first kappa shape index (κ1) is 47.9. The van der Waals surface area contributed by atoms with Crippen molar-refractivity contribution in [3.05, 3.63) is 160 Å². The number of rotatable bonds is 23. The average molecular weight is 921 g/mol. The molecule has 66 heavy (non-hydrogen) atoms. The largest absolute Gasteiger partial charge is 0.465 e. The second-order valence-corrected chi connectivity index (χ2v) is 17.1. The SMILES string of the molecule is C[C@H](OCc1ccccc1)[C@H](OCc1ccccc1)[C@@H](OCc1ccccc1)[C@H](CN(CC(=O)N1CC2(CC1C(=O)NCc1nc(C(=N)N)cs1)OCCO2)C(=O)O)OCc1ccccc1. The number of amidine groups is 1. The normalized spacial score (nSPS) is 17.2. The van der Waals surface area contributed by atoms with Crippen LogP contribution in [0.3, 0.4) is 0 Å². The smallest absolute Gasteiger partial charge is 0.407 e.